The van der Waals surface area contributed by atoms with Crippen molar-refractivity contribution in [2.45, 2.75) is 38.1 Å². The van der Waals surface area contributed by atoms with Gasteiger partial charge in [0.15, 0.2) is 0 Å². The van der Waals surface area contributed by atoms with Crippen LogP contribution in [0.3, 0.4) is 0 Å². The Morgan fingerprint density at radius 2 is 1.75 bits per heavy atom. The van der Waals surface area contributed by atoms with Gasteiger partial charge in [-0.25, -0.2) is 0 Å². The molecule has 1 aromatic carbocycles. The van der Waals surface area contributed by atoms with Crippen molar-refractivity contribution in [3.63, 3.8) is 0 Å². The largest absolute Gasteiger partial charge is 0.314 e. The minimum Gasteiger partial charge on any atom is -0.314 e. The Kier molecular flexibility index (Phi) is 4.51. The lowest BCUT2D eigenvalue weighted by atomic mass is 10.1. The summed E-state index contributed by atoms with van der Waals surface area (Å²) in [6.45, 7) is 0.966. The third kappa shape index (κ3) is 3.13. The van der Waals surface area contributed by atoms with Crippen molar-refractivity contribution in [2.75, 3.05) is 6.54 Å². The van der Waals surface area contributed by atoms with Crippen molar-refractivity contribution in [2.24, 2.45) is 0 Å². The number of hydrogen-bond acceptors (Lipinski definition) is 1. The summed E-state index contributed by atoms with van der Waals surface area (Å²) in [7, 11) is 0. The van der Waals surface area contributed by atoms with E-state index in [1.807, 2.05) is 18.2 Å². The van der Waals surface area contributed by atoms with E-state index in [0.29, 0.717) is 6.04 Å². The first-order chi connectivity index (χ1) is 7.77. The molecule has 1 N–H and O–H groups in total. The third-order valence-electron chi connectivity index (χ3n) is 3.22. The van der Waals surface area contributed by atoms with E-state index in [1.165, 1.54) is 25.7 Å². The zero-order chi connectivity index (χ0) is 11.4. The first kappa shape index (κ1) is 12.2. The predicted molar refractivity (Wildman–Crippen MR) is 70.4 cm³/mol. The molecule has 0 amide bonds. The number of rotatable bonds is 4. The van der Waals surface area contributed by atoms with Gasteiger partial charge in [-0.2, -0.15) is 0 Å². The van der Waals surface area contributed by atoms with Crippen molar-refractivity contribution in [3.8, 4) is 0 Å². The molecule has 0 aliphatic heterocycles. The third-order valence-corrected chi connectivity index (χ3v) is 3.93. The standard InChI is InChI=1S/C13H17Cl2N/c14-12-6-3-7-13(15)11(12)8-9-16-10-4-1-2-5-10/h3,6-7,10,16H,1-2,4-5,8-9H2. The summed E-state index contributed by atoms with van der Waals surface area (Å²) in [5, 5.41) is 5.12. The first-order valence-corrected chi connectivity index (χ1v) is 6.69. The summed E-state index contributed by atoms with van der Waals surface area (Å²) in [5.41, 5.74) is 1.07. The van der Waals surface area contributed by atoms with Crippen LogP contribution in [0.4, 0.5) is 0 Å². The van der Waals surface area contributed by atoms with E-state index in [9.17, 15) is 0 Å². The zero-order valence-electron chi connectivity index (χ0n) is 9.31. The lowest BCUT2D eigenvalue weighted by Crippen LogP contribution is -2.28. The van der Waals surface area contributed by atoms with Gasteiger partial charge >= 0.3 is 0 Å². The van der Waals surface area contributed by atoms with E-state index in [2.05, 4.69) is 5.32 Å². The second-order valence-electron chi connectivity index (χ2n) is 4.39. The SMILES string of the molecule is Clc1cccc(Cl)c1CCNC1CCCC1. The van der Waals surface area contributed by atoms with Gasteiger partial charge in [0.1, 0.15) is 0 Å². The van der Waals surface area contributed by atoms with Crippen molar-refractivity contribution < 1.29 is 0 Å². The van der Waals surface area contributed by atoms with Crippen LogP contribution < -0.4 is 5.32 Å². The lowest BCUT2D eigenvalue weighted by Gasteiger charge is -2.12. The van der Waals surface area contributed by atoms with Crippen LogP contribution in [-0.2, 0) is 6.42 Å². The van der Waals surface area contributed by atoms with Crippen molar-refractivity contribution >= 4 is 23.2 Å². The number of nitrogens with one attached hydrogen (secondary N) is 1. The van der Waals surface area contributed by atoms with Crippen LogP contribution >= 0.6 is 23.2 Å². The highest BCUT2D eigenvalue weighted by Gasteiger charge is 2.14. The second kappa shape index (κ2) is 5.90. The Morgan fingerprint density at radius 1 is 1.12 bits per heavy atom. The monoisotopic (exact) mass is 257 g/mol. The summed E-state index contributed by atoms with van der Waals surface area (Å²) in [5.74, 6) is 0. The van der Waals surface area contributed by atoms with Gasteiger partial charge < -0.3 is 5.32 Å². The fourth-order valence-electron chi connectivity index (χ4n) is 2.30. The van der Waals surface area contributed by atoms with E-state index in [4.69, 9.17) is 23.2 Å². The van der Waals surface area contributed by atoms with Gasteiger partial charge in [-0.1, -0.05) is 42.1 Å². The molecule has 0 spiro atoms. The number of hydrogen-bond donors (Lipinski definition) is 1. The molecule has 0 unspecified atom stereocenters. The molecular formula is C13H17Cl2N. The molecule has 3 heteroatoms. The fourth-order valence-corrected chi connectivity index (χ4v) is 2.89. The summed E-state index contributed by atoms with van der Waals surface area (Å²) in [6, 6.07) is 6.40. The van der Waals surface area contributed by atoms with E-state index < -0.39 is 0 Å². The van der Waals surface area contributed by atoms with Crippen LogP contribution in [-0.4, -0.2) is 12.6 Å². The molecule has 1 nitrogen and oxygen atoms in total. The molecule has 1 aromatic rings. The van der Waals surface area contributed by atoms with Gasteiger partial charge in [0, 0.05) is 16.1 Å². The molecule has 16 heavy (non-hydrogen) atoms. The average Bonchev–Trinajstić information content (AvgIpc) is 2.75. The second-order valence-corrected chi connectivity index (χ2v) is 5.20. The molecule has 0 aromatic heterocycles. The van der Waals surface area contributed by atoms with Gasteiger partial charge in [0.05, 0.1) is 0 Å². The molecule has 1 aliphatic carbocycles. The molecule has 0 saturated heterocycles. The minimum atomic E-state index is 0.710. The molecule has 0 atom stereocenters. The molecular weight excluding hydrogens is 241 g/mol. The van der Waals surface area contributed by atoms with Gasteiger partial charge in [-0.05, 0) is 43.5 Å². The van der Waals surface area contributed by atoms with Crippen molar-refractivity contribution in [1.82, 2.24) is 5.32 Å². The molecule has 1 saturated carbocycles. The van der Waals surface area contributed by atoms with Crippen molar-refractivity contribution in [1.29, 1.82) is 0 Å². The Balaban J connectivity index is 1.84. The summed E-state index contributed by atoms with van der Waals surface area (Å²) < 4.78 is 0. The maximum absolute atomic E-state index is 6.11. The molecule has 0 bridgehead atoms. The highest BCUT2D eigenvalue weighted by atomic mass is 35.5. The lowest BCUT2D eigenvalue weighted by molar-refractivity contribution is 0.528. The van der Waals surface area contributed by atoms with E-state index in [1.54, 1.807) is 0 Å². The van der Waals surface area contributed by atoms with Gasteiger partial charge in [0.25, 0.3) is 0 Å². The van der Waals surface area contributed by atoms with E-state index >= 15 is 0 Å². The van der Waals surface area contributed by atoms with Crippen LogP contribution in [0, 0.1) is 0 Å². The fraction of sp³-hybridized carbons (Fsp3) is 0.538. The van der Waals surface area contributed by atoms with Gasteiger partial charge in [0.2, 0.25) is 0 Å². The van der Waals surface area contributed by atoms with Gasteiger partial charge in [-0.3, -0.25) is 0 Å². The van der Waals surface area contributed by atoms with Gasteiger partial charge in [-0.15, -0.1) is 0 Å². The highest BCUT2D eigenvalue weighted by Crippen LogP contribution is 2.24. The average molecular weight is 258 g/mol. The van der Waals surface area contributed by atoms with Crippen molar-refractivity contribution in [3.05, 3.63) is 33.8 Å². The molecule has 2 rings (SSSR count). The Labute approximate surface area is 107 Å². The predicted octanol–water partition coefficient (Wildman–Crippen LogP) is 4.07. The molecule has 0 heterocycles. The first-order valence-electron chi connectivity index (χ1n) is 5.93. The quantitative estimate of drug-likeness (QED) is 0.858. The Bertz CT molecular complexity index is 326. The summed E-state index contributed by atoms with van der Waals surface area (Å²) in [4.78, 5) is 0. The summed E-state index contributed by atoms with van der Waals surface area (Å²) >= 11 is 12.2. The maximum Gasteiger partial charge on any atom is 0.0453 e. The van der Waals surface area contributed by atoms with E-state index in [0.717, 1.165) is 28.6 Å². The highest BCUT2D eigenvalue weighted by molar-refractivity contribution is 6.35. The minimum absolute atomic E-state index is 0.710. The molecule has 1 fully saturated rings. The normalized spacial score (nSPS) is 16.9. The Morgan fingerprint density at radius 3 is 2.38 bits per heavy atom. The van der Waals surface area contributed by atoms with E-state index in [-0.39, 0.29) is 0 Å². The number of halogens is 2. The van der Waals surface area contributed by atoms with Crippen LogP contribution in [0.15, 0.2) is 18.2 Å². The number of benzene rings is 1. The van der Waals surface area contributed by atoms with Crippen LogP contribution in [0.1, 0.15) is 31.2 Å². The summed E-state index contributed by atoms with van der Waals surface area (Å²) in [6.07, 6.45) is 6.27. The van der Waals surface area contributed by atoms with Crippen LogP contribution in [0.2, 0.25) is 10.0 Å². The smallest absolute Gasteiger partial charge is 0.0453 e. The molecule has 88 valence electrons. The zero-order valence-corrected chi connectivity index (χ0v) is 10.8. The topological polar surface area (TPSA) is 12.0 Å². The Hall–Kier alpha value is -0.240. The molecule has 0 radical (unpaired) electrons. The van der Waals surface area contributed by atoms with Crippen LogP contribution in [0.5, 0.6) is 0 Å². The maximum atomic E-state index is 6.11. The van der Waals surface area contributed by atoms with Crippen LogP contribution in [0.25, 0.3) is 0 Å². The molecule has 1 aliphatic rings.